The lowest BCUT2D eigenvalue weighted by Gasteiger charge is -2.20. The molecule has 1 heteroatoms. The quantitative estimate of drug-likeness (QED) is 0.0979. The van der Waals surface area contributed by atoms with Gasteiger partial charge < -0.3 is 0 Å². The molecule has 0 unspecified atom stereocenters. The molecule has 0 aliphatic rings. The maximum Gasteiger partial charge on any atom is 0.121 e. The molecular weight excluding hydrogens is 629 g/mol. The highest BCUT2D eigenvalue weighted by atomic mass is 28.2. The van der Waals surface area contributed by atoms with Crippen LogP contribution in [0.15, 0.2) is 194 Å². The molecule has 0 atom stereocenters. The number of fused-ring (bicyclic) bond motifs is 6. The smallest absolute Gasteiger partial charge is 0.0631 e. The van der Waals surface area contributed by atoms with Crippen molar-refractivity contribution in [3.05, 3.63) is 194 Å². The third-order valence-corrected chi connectivity index (χ3v) is 11.6. The van der Waals surface area contributed by atoms with E-state index in [9.17, 15) is 0 Å². The van der Waals surface area contributed by atoms with Gasteiger partial charge in [-0.2, -0.15) is 0 Å². The lowest BCUT2D eigenvalue weighted by atomic mass is 9.83. The van der Waals surface area contributed by atoms with E-state index in [0.29, 0.717) is 9.52 Å². The summed E-state index contributed by atoms with van der Waals surface area (Å²) in [5.41, 5.74) is 7.60. The van der Waals surface area contributed by atoms with E-state index >= 15 is 0 Å². The summed E-state index contributed by atoms with van der Waals surface area (Å²) < 4.78 is 0. The van der Waals surface area contributed by atoms with Crippen LogP contribution in [0.5, 0.6) is 0 Å². The van der Waals surface area contributed by atoms with Gasteiger partial charge in [-0.3, -0.25) is 0 Å². The topological polar surface area (TPSA) is 0 Å². The Balaban J connectivity index is 1.26. The predicted molar refractivity (Wildman–Crippen MR) is 222 cm³/mol. The van der Waals surface area contributed by atoms with Gasteiger partial charge in [-0.15, -0.1) is 0 Å². The average Bonchev–Trinajstić information content (AvgIpc) is 3.20. The molecule has 0 amide bonds. The zero-order valence-corrected chi connectivity index (χ0v) is 29.0. The van der Waals surface area contributed by atoms with Gasteiger partial charge in [0.05, 0.1) is 0 Å². The normalized spacial score (nSPS) is 11.6. The van der Waals surface area contributed by atoms with Crippen LogP contribution in [-0.2, 0) is 0 Å². The highest BCUT2D eigenvalue weighted by molar-refractivity contribution is 6.67. The van der Waals surface area contributed by atoms with Crippen LogP contribution in [0.1, 0.15) is 0 Å². The van der Waals surface area contributed by atoms with Crippen molar-refractivity contribution in [2.24, 2.45) is 0 Å². The standard InChI is InChI=1S/C50H32Si/c1-2-16-37(17-3-1)51-38-29-30-46-48(32-38)49(35-27-25-34(26-28-35)40-24-12-15-33-13-4-6-18-39(33)40)44-22-10-11-23-45(44)50(46)47-31-36-14-5-7-19-41(36)42-20-8-9-21-43(42)47/h1-32H. The van der Waals surface area contributed by atoms with Crippen molar-refractivity contribution in [1.29, 1.82) is 0 Å². The third-order valence-electron chi connectivity index (χ3n) is 10.4. The van der Waals surface area contributed by atoms with Crippen molar-refractivity contribution in [3.63, 3.8) is 0 Å². The van der Waals surface area contributed by atoms with E-state index in [1.54, 1.807) is 0 Å². The van der Waals surface area contributed by atoms with Gasteiger partial charge in [0, 0.05) is 0 Å². The second-order valence-corrected chi connectivity index (χ2v) is 14.7. The summed E-state index contributed by atoms with van der Waals surface area (Å²) in [6.07, 6.45) is 0. The fourth-order valence-electron chi connectivity index (χ4n) is 8.10. The lowest BCUT2D eigenvalue weighted by Crippen LogP contribution is -2.26. The van der Waals surface area contributed by atoms with E-state index in [1.165, 1.54) is 97.6 Å². The second kappa shape index (κ2) is 12.2. The molecule has 0 saturated carbocycles. The van der Waals surface area contributed by atoms with Gasteiger partial charge in [-0.1, -0.05) is 198 Å². The Kier molecular flexibility index (Phi) is 7.11. The molecule has 236 valence electrons. The van der Waals surface area contributed by atoms with Crippen LogP contribution in [0, 0.1) is 0 Å². The maximum absolute atomic E-state index is 2.47. The largest absolute Gasteiger partial charge is 0.121 e. The summed E-state index contributed by atoms with van der Waals surface area (Å²) in [6.45, 7) is 0. The van der Waals surface area contributed by atoms with Crippen LogP contribution in [0.2, 0.25) is 0 Å². The number of hydrogen-bond acceptors (Lipinski definition) is 0. The molecule has 51 heavy (non-hydrogen) atoms. The first-order valence-corrected chi connectivity index (χ1v) is 18.6. The first-order valence-electron chi connectivity index (χ1n) is 17.6. The van der Waals surface area contributed by atoms with Gasteiger partial charge in [0.1, 0.15) is 9.52 Å². The second-order valence-electron chi connectivity index (χ2n) is 13.3. The molecule has 10 rings (SSSR count). The van der Waals surface area contributed by atoms with Crippen molar-refractivity contribution in [2.75, 3.05) is 0 Å². The number of rotatable bonds is 5. The minimum absolute atomic E-state index is 0.575. The average molecular weight is 661 g/mol. The Morgan fingerprint density at radius 2 is 0.824 bits per heavy atom. The van der Waals surface area contributed by atoms with Crippen LogP contribution < -0.4 is 10.4 Å². The van der Waals surface area contributed by atoms with Crippen LogP contribution in [0.3, 0.4) is 0 Å². The Bertz CT molecular complexity index is 2920. The molecular formula is C50H32Si. The highest BCUT2D eigenvalue weighted by Gasteiger charge is 2.20. The van der Waals surface area contributed by atoms with Gasteiger partial charge >= 0.3 is 0 Å². The molecule has 2 radical (unpaired) electrons. The number of benzene rings is 10. The Morgan fingerprint density at radius 1 is 0.255 bits per heavy atom. The van der Waals surface area contributed by atoms with Gasteiger partial charge in [0.15, 0.2) is 0 Å². The summed E-state index contributed by atoms with van der Waals surface area (Å²) in [4.78, 5) is 0. The van der Waals surface area contributed by atoms with E-state index in [2.05, 4.69) is 194 Å². The fourth-order valence-corrected chi connectivity index (χ4v) is 9.18. The Labute approximate surface area is 300 Å². The molecule has 0 aromatic heterocycles. The minimum atomic E-state index is 0.575. The first-order chi connectivity index (χ1) is 25.3. The van der Waals surface area contributed by atoms with E-state index in [-0.39, 0.29) is 0 Å². The molecule has 0 aliphatic heterocycles. The van der Waals surface area contributed by atoms with E-state index in [4.69, 9.17) is 0 Å². The molecule has 0 bridgehead atoms. The van der Waals surface area contributed by atoms with Gasteiger partial charge in [0.25, 0.3) is 0 Å². The van der Waals surface area contributed by atoms with Crippen molar-refractivity contribution < 1.29 is 0 Å². The summed E-state index contributed by atoms with van der Waals surface area (Å²) in [6, 6.07) is 71.7. The molecule has 0 spiro atoms. The fraction of sp³-hybridized carbons (Fsp3) is 0. The summed E-state index contributed by atoms with van der Waals surface area (Å²) in [7, 11) is 0.575. The maximum atomic E-state index is 2.47. The van der Waals surface area contributed by atoms with Crippen LogP contribution in [0.25, 0.3) is 87.2 Å². The summed E-state index contributed by atoms with van der Waals surface area (Å²) >= 11 is 0. The molecule has 0 heterocycles. The van der Waals surface area contributed by atoms with Gasteiger partial charge in [-0.05, 0) is 93.3 Å². The Hall–Kier alpha value is -6.28. The molecule has 0 nitrogen and oxygen atoms in total. The zero-order valence-electron chi connectivity index (χ0n) is 28.0. The van der Waals surface area contributed by atoms with E-state index in [1.807, 2.05) is 0 Å². The van der Waals surface area contributed by atoms with Crippen molar-refractivity contribution in [3.8, 4) is 33.4 Å². The molecule has 0 N–H and O–H groups in total. The summed E-state index contributed by atoms with van der Waals surface area (Å²) in [5.74, 6) is 0. The van der Waals surface area contributed by atoms with Crippen molar-refractivity contribution >= 4 is 73.8 Å². The first kappa shape index (κ1) is 29.6. The molecule has 10 aromatic rings. The SMILES string of the molecule is c1ccc([Si]c2ccc3c(-c4cc5ccccc5c5ccccc45)c4ccccc4c(-c4ccc(-c5cccc6ccccc56)cc4)c3c2)cc1. The zero-order chi connectivity index (χ0) is 33.7. The molecule has 0 fully saturated rings. The van der Waals surface area contributed by atoms with Crippen LogP contribution in [0.4, 0.5) is 0 Å². The van der Waals surface area contributed by atoms with E-state index in [0.717, 1.165) is 0 Å². The van der Waals surface area contributed by atoms with Crippen molar-refractivity contribution in [1.82, 2.24) is 0 Å². The monoisotopic (exact) mass is 660 g/mol. The van der Waals surface area contributed by atoms with Crippen molar-refractivity contribution in [2.45, 2.75) is 0 Å². The number of hydrogen-bond donors (Lipinski definition) is 0. The van der Waals surface area contributed by atoms with Gasteiger partial charge in [-0.25, -0.2) is 0 Å². The molecule has 10 aromatic carbocycles. The molecule has 0 aliphatic carbocycles. The molecule has 0 saturated heterocycles. The minimum Gasteiger partial charge on any atom is -0.0631 e. The van der Waals surface area contributed by atoms with Gasteiger partial charge in [0.2, 0.25) is 0 Å². The lowest BCUT2D eigenvalue weighted by molar-refractivity contribution is 1.64. The highest BCUT2D eigenvalue weighted by Crippen LogP contribution is 2.46. The van der Waals surface area contributed by atoms with E-state index < -0.39 is 0 Å². The Morgan fingerprint density at radius 3 is 1.61 bits per heavy atom. The van der Waals surface area contributed by atoms with Crippen LogP contribution >= 0.6 is 0 Å². The third kappa shape index (κ3) is 5.05. The van der Waals surface area contributed by atoms with Crippen LogP contribution in [-0.4, -0.2) is 9.52 Å². The summed E-state index contributed by atoms with van der Waals surface area (Å²) in [5, 5.41) is 15.5. The predicted octanol–water partition coefficient (Wildman–Crippen LogP) is 12.1.